The van der Waals surface area contributed by atoms with Gasteiger partial charge in [-0.2, -0.15) is 5.26 Å². The molecule has 0 aromatic carbocycles. The number of rotatable bonds is 3. The zero-order chi connectivity index (χ0) is 14.7. The third-order valence-electron chi connectivity index (χ3n) is 5.06. The van der Waals surface area contributed by atoms with Gasteiger partial charge in [0.25, 0.3) is 0 Å². The Morgan fingerprint density at radius 3 is 2.95 bits per heavy atom. The van der Waals surface area contributed by atoms with Crippen LogP contribution in [0.25, 0.3) is 0 Å². The molecule has 3 unspecified atom stereocenters. The number of hydrogen-bond donors (Lipinski definition) is 1. The minimum absolute atomic E-state index is 0.139. The minimum Gasteiger partial charge on any atom is -0.393 e. The van der Waals surface area contributed by atoms with Gasteiger partial charge < -0.3 is 5.11 Å². The topological polar surface area (TPSA) is 60.2 Å². The molecule has 1 aromatic heterocycles. The van der Waals surface area contributed by atoms with E-state index in [9.17, 15) is 10.4 Å². The van der Waals surface area contributed by atoms with Gasteiger partial charge >= 0.3 is 0 Å². The lowest BCUT2D eigenvalue weighted by atomic mass is 9.87. The average molecular weight is 285 g/mol. The quantitative estimate of drug-likeness (QED) is 0.927. The van der Waals surface area contributed by atoms with Crippen molar-refractivity contribution >= 4 is 0 Å². The van der Waals surface area contributed by atoms with E-state index in [1.165, 1.54) is 19.3 Å². The molecule has 2 aliphatic rings. The van der Waals surface area contributed by atoms with Crippen molar-refractivity contribution in [3.63, 3.8) is 0 Å². The largest absolute Gasteiger partial charge is 0.393 e. The van der Waals surface area contributed by atoms with E-state index >= 15 is 0 Å². The first-order chi connectivity index (χ1) is 10.3. The van der Waals surface area contributed by atoms with Crippen LogP contribution in [0.2, 0.25) is 0 Å². The van der Waals surface area contributed by atoms with Crippen molar-refractivity contribution in [2.45, 2.75) is 57.2 Å². The number of piperidine rings is 1. The Morgan fingerprint density at radius 2 is 2.19 bits per heavy atom. The summed E-state index contributed by atoms with van der Waals surface area (Å²) in [5.74, 6) is 0.410. The highest BCUT2D eigenvalue weighted by atomic mass is 16.3. The normalized spacial score (nSPS) is 30.2. The third-order valence-corrected chi connectivity index (χ3v) is 5.06. The van der Waals surface area contributed by atoms with Crippen LogP contribution in [0.3, 0.4) is 0 Å². The van der Waals surface area contributed by atoms with Gasteiger partial charge in [0.1, 0.15) is 11.8 Å². The molecule has 4 nitrogen and oxygen atoms in total. The van der Waals surface area contributed by atoms with E-state index < -0.39 is 0 Å². The average Bonchev–Trinajstić information content (AvgIpc) is 2.94. The highest BCUT2D eigenvalue weighted by Gasteiger charge is 2.36. The standard InChI is InChI=1S/C17H23N3O/c18-11-15-13(5-4-9-19-15)12-20-10-2-1-7-16(20)14-6-3-8-17(14)21/h4-5,9,14,16-17,21H,1-3,6-8,10,12H2. The number of aliphatic hydroxyl groups is 1. The fourth-order valence-electron chi connectivity index (χ4n) is 4.00. The number of pyridine rings is 1. The maximum Gasteiger partial charge on any atom is 0.144 e. The van der Waals surface area contributed by atoms with Crippen molar-refractivity contribution in [1.29, 1.82) is 5.26 Å². The number of likely N-dealkylation sites (tertiary alicyclic amines) is 1. The Bertz CT molecular complexity index is 525. The first-order valence-corrected chi connectivity index (χ1v) is 8.05. The van der Waals surface area contributed by atoms with Crippen LogP contribution >= 0.6 is 0 Å². The van der Waals surface area contributed by atoms with Crippen LogP contribution < -0.4 is 0 Å². The second kappa shape index (κ2) is 6.55. The van der Waals surface area contributed by atoms with E-state index in [4.69, 9.17) is 0 Å². The fourth-order valence-corrected chi connectivity index (χ4v) is 4.00. The first kappa shape index (κ1) is 14.5. The monoisotopic (exact) mass is 285 g/mol. The van der Waals surface area contributed by atoms with E-state index in [-0.39, 0.29) is 6.10 Å². The van der Waals surface area contributed by atoms with Crippen molar-refractivity contribution < 1.29 is 5.11 Å². The van der Waals surface area contributed by atoms with Crippen LogP contribution in [-0.4, -0.2) is 33.7 Å². The molecule has 112 valence electrons. The summed E-state index contributed by atoms with van der Waals surface area (Å²) in [4.78, 5) is 6.64. The second-order valence-electron chi connectivity index (χ2n) is 6.32. The van der Waals surface area contributed by atoms with Crippen molar-refractivity contribution in [1.82, 2.24) is 9.88 Å². The molecule has 3 atom stereocenters. The molecule has 4 heteroatoms. The number of nitrogens with zero attached hydrogens (tertiary/aromatic N) is 3. The Labute approximate surface area is 126 Å². The maximum absolute atomic E-state index is 10.2. The van der Waals surface area contributed by atoms with Gasteiger partial charge in [-0.05, 0) is 38.3 Å². The van der Waals surface area contributed by atoms with Gasteiger partial charge in [0.2, 0.25) is 0 Å². The summed E-state index contributed by atoms with van der Waals surface area (Å²) in [6, 6.07) is 6.56. The van der Waals surface area contributed by atoms with E-state index in [0.29, 0.717) is 17.7 Å². The van der Waals surface area contributed by atoms with E-state index in [0.717, 1.165) is 37.9 Å². The number of aliphatic hydroxyl groups excluding tert-OH is 1. The molecular formula is C17H23N3O. The van der Waals surface area contributed by atoms with Crippen LogP contribution in [0.5, 0.6) is 0 Å². The van der Waals surface area contributed by atoms with Gasteiger partial charge in [-0.25, -0.2) is 4.98 Å². The van der Waals surface area contributed by atoms with Gasteiger partial charge in [0.05, 0.1) is 6.10 Å². The Morgan fingerprint density at radius 1 is 1.29 bits per heavy atom. The molecule has 0 bridgehead atoms. The highest BCUT2D eigenvalue weighted by Crippen LogP contribution is 2.35. The summed E-state index contributed by atoms with van der Waals surface area (Å²) in [6.07, 6.45) is 8.41. The highest BCUT2D eigenvalue weighted by molar-refractivity contribution is 5.30. The van der Waals surface area contributed by atoms with Crippen molar-refractivity contribution in [3.05, 3.63) is 29.6 Å². The lowest BCUT2D eigenvalue weighted by Crippen LogP contribution is -2.45. The summed E-state index contributed by atoms with van der Waals surface area (Å²) in [5, 5.41) is 19.4. The number of hydrogen-bond acceptors (Lipinski definition) is 4. The number of aromatic nitrogens is 1. The summed E-state index contributed by atoms with van der Waals surface area (Å²) in [6.45, 7) is 1.85. The van der Waals surface area contributed by atoms with Gasteiger partial charge in [-0.3, -0.25) is 4.90 Å². The number of nitriles is 1. The van der Waals surface area contributed by atoms with Gasteiger partial charge in [0.15, 0.2) is 0 Å². The third kappa shape index (κ3) is 3.09. The van der Waals surface area contributed by atoms with Crippen LogP contribution in [0.1, 0.15) is 49.8 Å². The molecule has 0 amide bonds. The zero-order valence-electron chi connectivity index (χ0n) is 12.4. The molecule has 3 rings (SSSR count). The second-order valence-corrected chi connectivity index (χ2v) is 6.32. The molecule has 0 spiro atoms. The first-order valence-electron chi connectivity index (χ1n) is 8.05. The van der Waals surface area contributed by atoms with Gasteiger partial charge in [-0.15, -0.1) is 0 Å². The molecule has 1 aliphatic carbocycles. The summed E-state index contributed by atoms with van der Waals surface area (Å²) >= 11 is 0. The predicted molar refractivity (Wildman–Crippen MR) is 80.3 cm³/mol. The summed E-state index contributed by atoms with van der Waals surface area (Å²) in [7, 11) is 0. The predicted octanol–water partition coefficient (Wildman–Crippen LogP) is 2.47. The lowest BCUT2D eigenvalue weighted by molar-refractivity contribution is 0.0312. The summed E-state index contributed by atoms with van der Waals surface area (Å²) in [5.41, 5.74) is 1.55. The maximum atomic E-state index is 10.2. The van der Waals surface area contributed by atoms with Crippen LogP contribution in [0.4, 0.5) is 0 Å². The van der Waals surface area contributed by atoms with Crippen molar-refractivity contribution in [2.24, 2.45) is 5.92 Å². The smallest absolute Gasteiger partial charge is 0.144 e. The lowest BCUT2D eigenvalue weighted by Gasteiger charge is -2.40. The molecule has 1 saturated heterocycles. The molecule has 1 saturated carbocycles. The molecule has 1 aromatic rings. The van der Waals surface area contributed by atoms with E-state index in [1.54, 1.807) is 6.20 Å². The van der Waals surface area contributed by atoms with Crippen molar-refractivity contribution in [3.8, 4) is 6.07 Å². The SMILES string of the molecule is N#Cc1ncccc1CN1CCCCC1C1CCCC1O. The molecule has 2 heterocycles. The van der Waals surface area contributed by atoms with Crippen LogP contribution in [-0.2, 0) is 6.54 Å². The Balaban J connectivity index is 1.77. The van der Waals surface area contributed by atoms with Crippen LogP contribution in [0.15, 0.2) is 18.3 Å². The molecule has 1 N–H and O–H groups in total. The van der Waals surface area contributed by atoms with E-state index in [2.05, 4.69) is 16.0 Å². The van der Waals surface area contributed by atoms with Gasteiger partial charge in [-0.1, -0.05) is 18.9 Å². The molecule has 21 heavy (non-hydrogen) atoms. The van der Waals surface area contributed by atoms with E-state index in [1.807, 2.05) is 12.1 Å². The molecule has 2 fully saturated rings. The Kier molecular flexibility index (Phi) is 4.52. The minimum atomic E-state index is -0.139. The summed E-state index contributed by atoms with van der Waals surface area (Å²) < 4.78 is 0. The molecule has 1 aliphatic heterocycles. The molecular weight excluding hydrogens is 262 g/mol. The van der Waals surface area contributed by atoms with Gasteiger partial charge in [0, 0.05) is 30.3 Å². The van der Waals surface area contributed by atoms with Crippen molar-refractivity contribution in [2.75, 3.05) is 6.54 Å². The fraction of sp³-hybridized carbons (Fsp3) is 0.647. The molecule has 0 radical (unpaired) electrons. The Hall–Kier alpha value is -1.44. The zero-order valence-corrected chi connectivity index (χ0v) is 12.4. The van der Waals surface area contributed by atoms with Crippen LogP contribution in [0, 0.1) is 17.2 Å².